The molecule has 0 spiro atoms. The van der Waals surface area contributed by atoms with Crippen LogP contribution in [0.5, 0.6) is 17.2 Å². The number of phenolic OH excluding ortho intramolecular Hbond substituents is 1. The molecule has 0 heterocycles. The van der Waals surface area contributed by atoms with Crippen molar-refractivity contribution in [2.75, 3.05) is 14.2 Å². The smallest absolute Gasteiger partial charge is 0.200 e. The lowest BCUT2D eigenvalue weighted by atomic mass is 10.0. The van der Waals surface area contributed by atoms with Gasteiger partial charge in [-0.3, -0.25) is 4.79 Å². The molecule has 0 aliphatic carbocycles. The number of carbonyl (C=O) groups is 1. The standard InChI is InChI=1S/C15H14O4/c1-18-12-8-4-3-6-10(12)14(16)11-7-5-9-13(19-2)15(11)17/h3-9,17H,1-2H3. The van der Waals surface area contributed by atoms with Crippen molar-refractivity contribution in [1.82, 2.24) is 0 Å². The van der Waals surface area contributed by atoms with Gasteiger partial charge in [0, 0.05) is 0 Å². The molecule has 2 aromatic rings. The SMILES string of the molecule is COc1ccccc1C(=O)c1cccc(OC)c1O. The molecule has 0 atom stereocenters. The number of ether oxygens (including phenoxy) is 2. The molecule has 0 saturated heterocycles. The van der Waals surface area contributed by atoms with E-state index in [-0.39, 0.29) is 22.8 Å². The summed E-state index contributed by atoms with van der Waals surface area (Å²) in [6.45, 7) is 0. The lowest BCUT2D eigenvalue weighted by Gasteiger charge is -2.10. The predicted molar refractivity (Wildman–Crippen MR) is 71.1 cm³/mol. The van der Waals surface area contributed by atoms with Crippen molar-refractivity contribution in [3.05, 3.63) is 53.6 Å². The average molecular weight is 258 g/mol. The van der Waals surface area contributed by atoms with Crippen molar-refractivity contribution in [3.63, 3.8) is 0 Å². The van der Waals surface area contributed by atoms with Gasteiger partial charge in [-0.15, -0.1) is 0 Å². The molecule has 2 aromatic carbocycles. The first-order chi connectivity index (χ1) is 9.19. The lowest BCUT2D eigenvalue weighted by molar-refractivity contribution is 0.103. The molecule has 0 amide bonds. The van der Waals surface area contributed by atoms with Gasteiger partial charge in [0.05, 0.1) is 25.3 Å². The minimum atomic E-state index is -0.311. The van der Waals surface area contributed by atoms with E-state index >= 15 is 0 Å². The van der Waals surface area contributed by atoms with E-state index < -0.39 is 0 Å². The molecular weight excluding hydrogens is 244 g/mol. The fourth-order valence-corrected chi connectivity index (χ4v) is 1.85. The normalized spacial score (nSPS) is 10.0. The van der Waals surface area contributed by atoms with Crippen LogP contribution in [0, 0.1) is 0 Å². The number of benzene rings is 2. The second-order valence-corrected chi connectivity index (χ2v) is 3.89. The van der Waals surface area contributed by atoms with E-state index in [0.29, 0.717) is 11.3 Å². The summed E-state index contributed by atoms with van der Waals surface area (Å²) in [5.41, 5.74) is 0.581. The Morgan fingerprint density at radius 2 is 1.47 bits per heavy atom. The second-order valence-electron chi connectivity index (χ2n) is 3.89. The molecule has 0 unspecified atom stereocenters. The van der Waals surface area contributed by atoms with Crippen LogP contribution < -0.4 is 9.47 Å². The number of hydrogen-bond acceptors (Lipinski definition) is 4. The molecule has 0 bridgehead atoms. The third-order valence-corrected chi connectivity index (χ3v) is 2.82. The molecule has 0 saturated carbocycles. The van der Waals surface area contributed by atoms with Gasteiger partial charge in [-0.05, 0) is 24.3 Å². The second kappa shape index (κ2) is 5.44. The molecule has 1 N–H and O–H groups in total. The molecule has 2 rings (SSSR count). The van der Waals surface area contributed by atoms with Crippen molar-refractivity contribution >= 4 is 5.78 Å². The van der Waals surface area contributed by atoms with Crippen LogP contribution in [-0.4, -0.2) is 25.1 Å². The summed E-state index contributed by atoms with van der Waals surface area (Å²) in [6.07, 6.45) is 0. The molecule has 0 aliphatic rings. The van der Waals surface area contributed by atoms with Crippen LogP contribution in [0.2, 0.25) is 0 Å². The van der Waals surface area contributed by atoms with E-state index in [1.807, 2.05) is 0 Å². The van der Waals surface area contributed by atoms with Gasteiger partial charge in [-0.1, -0.05) is 18.2 Å². The molecule has 0 aliphatic heterocycles. The van der Waals surface area contributed by atoms with Gasteiger partial charge in [0.2, 0.25) is 5.78 Å². The third kappa shape index (κ3) is 2.38. The van der Waals surface area contributed by atoms with Gasteiger partial charge < -0.3 is 14.6 Å². The zero-order chi connectivity index (χ0) is 13.8. The molecule has 4 nitrogen and oxygen atoms in total. The fourth-order valence-electron chi connectivity index (χ4n) is 1.85. The number of carbonyl (C=O) groups excluding carboxylic acids is 1. The molecule has 4 heteroatoms. The van der Waals surface area contributed by atoms with Crippen molar-refractivity contribution in [3.8, 4) is 17.2 Å². The van der Waals surface area contributed by atoms with Gasteiger partial charge in [0.1, 0.15) is 5.75 Å². The minimum absolute atomic E-state index is 0.166. The molecule has 0 radical (unpaired) electrons. The van der Waals surface area contributed by atoms with E-state index in [0.717, 1.165) is 0 Å². The highest BCUT2D eigenvalue weighted by atomic mass is 16.5. The van der Waals surface area contributed by atoms with Gasteiger partial charge in [-0.2, -0.15) is 0 Å². The summed E-state index contributed by atoms with van der Waals surface area (Å²) in [4.78, 5) is 12.4. The van der Waals surface area contributed by atoms with Crippen molar-refractivity contribution in [2.24, 2.45) is 0 Å². The summed E-state index contributed by atoms with van der Waals surface area (Å²) in [6, 6.07) is 11.7. The first-order valence-electron chi connectivity index (χ1n) is 5.72. The number of para-hydroxylation sites is 2. The maximum Gasteiger partial charge on any atom is 0.200 e. The highest BCUT2D eigenvalue weighted by Gasteiger charge is 2.19. The Kier molecular flexibility index (Phi) is 3.71. The van der Waals surface area contributed by atoms with E-state index in [2.05, 4.69) is 0 Å². The number of ketones is 1. The van der Waals surface area contributed by atoms with E-state index in [1.165, 1.54) is 14.2 Å². The van der Waals surface area contributed by atoms with Crippen molar-refractivity contribution in [1.29, 1.82) is 0 Å². The summed E-state index contributed by atoms with van der Waals surface area (Å²) in [5.74, 6) is 0.255. The Balaban J connectivity index is 2.50. The van der Waals surface area contributed by atoms with Crippen molar-refractivity contribution in [2.45, 2.75) is 0 Å². The van der Waals surface area contributed by atoms with Crippen molar-refractivity contribution < 1.29 is 19.4 Å². The number of methoxy groups -OCH3 is 2. The topological polar surface area (TPSA) is 55.8 Å². The summed E-state index contributed by atoms with van der Waals surface area (Å²) in [7, 11) is 2.93. The first kappa shape index (κ1) is 13.0. The first-order valence-corrected chi connectivity index (χ1v) is 5.72. The summed E-state index contributed by atoms with van der Waals surface area (Å²) in [5, 5.41) is 10.00. The Labute approximate surface area is 111 Å². The Morgan fingerprint density at radius 3 is 2.16 bits per heavy atom. The van der Waals surface area contributed by atoms with Crippen LogP contribution in [-0.2, 0) is 0 Å². The van der Waals surface area contributed by atoms with Gasteiger partial charge in [0.15, 0.2) is 11.5 Å². The molecule has 0 fully saturated rings. The zero-order valence-electron chi connectivity index (χ0n) is 10.7. The maximum atomic E-state index is 12.4. The number of hydrogen-bond donors (Lipinski definition) is 1. The molecule has 0 aromatic heterocycles. The number of rotatable bonds is 4. The minimum Gasteiger partial charge on any atom is -0.504 e. The van der Waals surface area contributed by atoms with Crippen LogP contribution in [0.3, 0.4) is 0 Å². The van der Waals surface area contributed by atoms with Crippen LogP contribution in [0.1, 0.15) is 15.9 Å². The largest absolute Gasteiger partial charge is 0.504 e. The highest BCUT2D eigenvalue weighted by molar-refractivity contribution is 6.12. The molecular formula is C15H14O4. The summed E-state index contributed by atoms with van der Waals surface area (Å²) >= 11 is 0. The van der Waals surface area contributed by atoms with Crippen LogP contribution in [0.25, 0.3) is 0 Å². The predicted octanol–water partition coefficient (Wildman–Crippen LogP) is 2.64. The van der Waals surface area contributed by atoms with E-state index in [1.54, 1.807) is 42.5 Å². The fraction of sp³-hybridized carbons (Fsp3) is 0.133. The Bertz CT molecular complexity index is 605. The van der Waals surface area contributed by atoms with E-state index in [9.17, 15) is 9.90 Å². The maximum absolute atomic E-state index is 12.4. The van der Waals surface area contributed by atoms with Crippen LogP contribution >= 0.6 is 0 Å². The quantitative estimate of drug-likeness (QED) is 0.856. The monoisotopic (exact) mass is 258 g/mol. The van der Waals surface area contributed by atoms with Gasteiger partial charge >= 0.3 is 0 Å². The highest BCUT2D eigenvalue weighted by Crippen LogP contribution is 2.32. The lowest BCUT2D eigenvalue weighted by Crippen LogP contribution is -2.04. The Morgan fingerprint density at radius 1 is 0.895 bits per heavy atom. The van der Waals surface area contributed by atoms with Gasteiger partial charge in [-0.25, -0.2) is 0 Å². The Hall–Kier alpha value is -2.49. The summed E-state index contributed by atoms with van der Waals surface area (Å²) < 4.78 is 10.1. The van der Waals surface area contributed by atoms with Crippen LogP contribution in [0.4, 0.5) is 0 Å². The molecule has 98 valence electrons. The number of aromatic hydroxyl groups is 1. The van der Waals surface area contributed by atoms with Gasteiger partial charge in [0.25, 0.3) is 0 Å². The number of phenols is 1. The average Bonchev–Trinajstić information content (AvgIpc) is 2.46. The zero-order valence-corrected chi connectivity index (χ0v) is 10.7. The van der Waals surface area contributed by atoms with E-state index in [4.69, 9.17) is 9.47 Å². The van der Waals surface area contributed by atoms with Crippen LogP contribution in [0.15, 0.2) is 42.5 Å². The third-order valence-electron chi connectivity index (χ3n) is 2.82. The molecule has 19 heavy (non-hydrogen) atoms.